The average molecular weight is 249 g/mol. The highest BCUT2D eigenvalue weighted by Gasteiger charge is 2.07. The van der Waals surface area contributed by atoms with Gasteiger partial charge in [0.15, 0.2) is 0 Å². The molecule has 2 heteroatoms. The molecule has 0 heterocycles. The van der Waals surface area contributed by atoms with Crippen molar-refractivity contribution in [3.05, 3.63) is 58.9 Å². The van der Waals surface area contributed by atoms with E-state index < -0.39 is 0 Å². The van der Waals surface area contributed by atoms with E-state index >= 15 is 0 Å². The Labute approximate surface area is 106 Å². The van der Waals surface area contributed by atoms with Crippen LogP contribution in [0.4, 0.5) is 4.39 Å². The lowest BCUT2D eigenvalue weighted by atomic mass is 9.99. The molecule has 0 N–H and O–H groups in total. The normalized spacial score (nSPS) is 10.6. The van der Waals surface area contributed by atoms with E-state index in [0.717, 1.165) is 16.7 Å². The summed E-state index contributed by atoms with van der Waals surface area (Å²) in [7, 11) is 0. The zero-order chi connectivity index (χ0) is 12.4. The van der Waals surface area contributed by atoms with Gasteiger partial charge in [-0.1, -0.05) is 24.3 Å². The maximum Gasteiger partial charge on any atom is 0.131 e. The fraction of sp³-hybridized carbons (Fsp3) is 0.200. The standard InChI is InChI=1S/C15H14ClF/c1-10-3-5-13(7-11(10)2)14-8-12(9-16)4-6-15(14)17/h3-8H,9H2,1-2H3. The predicted octanol–water partition coefficient (Wildman–Crippen LogP) is 4.85. The van der Waals surface area contributed by atoms with Crippen molar-refractivity contribution in [3.8, 4) is 11.1 Å². The van der Waals surface area contributed by atoms with Crippen LogP contribution in [0.2, 0.25) is 0 Å². The summed E-state index contributed by atoms with van der Waals surface area (Å²) in [5, 5.41) is 0. The van der Waals surface area contributed by atoms with E-state index in [4.69, 9.17) is 11.6 Å². The van der Waals surface area contributed by atoms with Crippen LogP contribution in [-0.2, 0) is 5.88 Å². The van der Waals surface area contributed by atoms with Gasteiger partial charge in [0, 0.05) is 11.4 Å². The first-order valence-electron chi connectivity index (χ1n) is 5.54. The summed E-state index contributed by atoms with van der Waals surface area (Å²) in [6, 6.07) is 11.0. The first-order chi connectivity index (χ1) is 8.11. The molecule has 0 saturated carbocycles. The van der Waals surface area contributed by atoms with E-state index in [0.29, 0.717) is 11.4 Å². The van der Waals surface area contributed by atoms with Crippen molar-refractivity contribution < 1.29 is 4.39 Å². The molecule has 0 aliphatic rings. The fourth-order valence-corrected chi connectivity index (χ4v) is 1.95. The summed E-state index contributed by atoms with van der Waals surface area (Å²) in [5.41, 5.74) is 4.82. The van der Waals surface area contributed by atoms with Gasteiger partial charge in [-0.25, -0.2) is 4.39 Å². The largest absolute Gasteiger partial charge is 0.206 e. The third-order valence-electron chi connectivity index (χ3n) is 3.00. The number of hydrogen-bond acceptors (Lipinski definition) is 0. The number of alkyl halides is 1. The summed E-state index contributed by atoms with van der Waals surface area (Å²) in [5.74, 6) is 0.195. The second-order valence-electron chi connectivity index (χ2n) is 4.25. The summed E-state index contributed by atoms with van der Waals surface area (Å²) >= 11 is 5.77. The minimum Gasteiger partial charge on any atom is -0.206 e. The number of hydrogen-bond donors (Lipinski definition) is 0. The molecule has 88 valence electrons. The van der Waals surface area contributed by atoms with Crippen molar-refractivity contribution in [3.63, 3.8) is 0 Å². The molecule has 0 aliphatic carbocycles. The molecule has 0 spiro atoms. The maximum absolute atomic E-state index is 13.8. The molecule has 2 aromatic rings. The summed E-state index contributed by atoms with van der Waals surface area (Å²) in [6.45, 7) is 4.08. The molecule has 0 aromatic heterocycles. The fourth-order valence-electron chi connectivity index (χ4n) is 1.79. The summed E-state index contributed by atoms with van der Waals surface area (Å²) in [6.07, 6.45) is 0. The van der Waals surface area contributed by atoms with Crippen molar-refractivity contribution >= 4 is 11.6 Å². The molecule has 0 unspecified atom stereocenters. The van der Waals surface area contributed by atoms with Gasteiger partial charge in [0.1, 0.15) is 5.82 Å². The van der Waals surface area contributed by atoms with Crippen LogP contribution in [0.25, 0.3) is 11.1 Å². The Bertz CT molecular complexity index is 547. The van der Waals surface area contributed by atoms with E-state index in [1.54, 1.807) is 6.07 Å². The zero-order valence-corrected chi connectivity index (χ0v) is 10.7. The van der Waals surface area contributed by atoms with Gasteiger partial charge in [0.2, 0.25) is 0 Å². The number of halogens is 2. The molecule has 0 radical (unpaired) electrons. The molecule has 0 nitrogen and oxygen atoms in total. The van der Waals surface area contributed by atoms with Crippen molar-refractivity contribution in [2.24, 2.45) is 0 Å². The Hall–Kier alpha value is -1.34. The van der Waals surface area contributed by atoms with Crippen LogP contribution in [0.5, 0.6) is 0 Å². The van der Waals surface area contributed by atoms with Gasteiger partial charge in [0.05, 0.1) is 0 Å². The van der Waals surface area contributed by atoms with Crippen LogP contribution in [0, 0.1) is 19.7 Å². The molecule has 2 aromatic carbocycles. The Morgan fingerprint density at radius 2 is 1.76 bits per heavy atom. The van der Waals surface area contributed by atoms with Crippen molar-refractivity contribution in [2.45, 2.75) is 19.7 Å². The maximum atomic E-state index is 13.8. The molecule has 17 heavy (non-hydrogen) atoms. The molecule has 0 aliphatic heterocycles. The minimum atomic E-state index is -0.206. The number of benzene rings is 2. The lowest BCUT2D eigenvalue weighted by Crippen LogP contribution is -1.89. The molecule has 0 saturated heterocycles. The Morgan fingerprint density at radius 1 is 1.00 bits per heavy atom. The first-order valence-corrected chi connectivity index (χ1v) is 6.07. The van der Waals surface area contributed by atoms with Gasteiger partial charge in [-0.05, 0) is 48.2 Å². The SMILES string of the molecule is Cc1ccc(-c2cc(CCl)ccc2F)cc1C. The molecule has 2 rings (SSSR count). The quantitative estimate of drug-likeness (QED) is 0.667. The lowest BCUT2D eigenvalue weighted by Gasteiger charge is -2.08. The Balaban J connectivity index is 2.55. The molecule has 0 bridgehead atoms. The van der Waals surface area contributed by atoms with Gasteiger partial charge in [-0.3, -0.25) is 0 Å². The number of rotatable bonds is 2. The van der Waals surface area contributed by atoms with Crippen molar-refractivity contribution in [1.29, 1.82) is 0 Å². The van der Waals surface area contributed by atoms with Crippen molar-refractivity contribution in [1.82, 2.24) is 0 Å². The minimum absolute atomic E-state index is 0.206. The second-order valence-corrected chi connectivity index (χ2v) is 4.51. The Morgan fingerprint density at radius 3 is 2.41 bits per heavy atom. The summed E-state index contributed by atoms with van der Waals surface area (Å²) < 4.78 is 13.8. The lowest BCUT2D eigenvalue weighted by molar-refractivity contribution is 0.631. The van der Waals surface area contributed by atoms with E-state index in [-0.39, 0.29) is 5.82 Å². The monoisotopic (exact) mass is 248 g/mol. The zero-order valence-electron chi connectivity index (χ0n) is 9.93. The van der Waals surface area contributed by atoms with Crippen LogP contribution >= 0.6 is 11.6 Å². The Kier molecular flexibility index (Phi) is 3.49. The van der Waals surface area contributed by atoms with Gasteiger partial charge < -0.3 is 0 Å². The topological polar surface area (TPSA) is 0 Å². The second kappa shape index (κ2) is 4.89. The highest BCUT2D eigenvalue weighted by Crippen LogP contribution is 2.26. The third-order valence-corrected chi connectivity index (χ3v) is 3.31. The molecular formula is C15H14ClF. The van der Waals surface area contributed by atoms with Crippen LogP contribution in [-0.4, -0.2) is 0 Å². The molecule has 0 fully saturated rings. The summed E-state index contributed by atoms with van der Waals surface area (Å²) in [4.78, 5) is 0. The van der Waals surface area contributed by atoms with E-state index in [1.807, 2.05) is 38.1 Å². The average Bonchev–Trinajstić information content (AvgIpc) is 2.33. The van der Waals surface area contributed by atoms with E-state index in [9.17, 15) is 4.39 Å². The van der Waals surface area contributed by atoms with Crippen LogP contribution < -0.4 is 0 Å². The highest BCUT2D eigenvalue weighted by atomic mass is 35.5. The highest BCUT2D eigenvalue weighted by molar-refractivity contribution is 6.17. The number of aryl methyl sites for hydroxylation is 2. The van der Waals surface area contributed by atoms with Gasteiger partial charge in [0.25, 0.3) is 0 Å². The molecule has 0 atom stereocenters. The molecular weight excluding hydrogens is 235 g/mol. The molecule has 0 amide bonds. The van der Waals surface area contributed by atoms with E-state index in [2.05, 4.69) is 0 Å². The van der Waals surface area contributed by atoms with Crippen LogP contribution in [0.15, 0.2) is 36.4 Å². The van der Waals surface area contributed by atoms with Crippen molar-refractivity contribution in [2.75, 3.05) is 0 Å². The van der Waals surface area contributed by atoms with Gasteiger partial charge >= 0.3 is 0 Å². The van der Waals surface area contributed by atoms with Crippen LogP contribution in [0.3, 0.4) is 0 Å². The third kappa shape index (κ3) is 2.50. The van der Waals surface area contributed by atoms with Gasteiger partial charge in [-0.2, -0.15) is 0 Å². The smallest absolute Gasteiger partial charge is 0.131 e. The predicted molar refractivity (Wildman–Crippen MR) is 70.9 cm³/mol. The van der Waals surface area contributed by atoms with Gasteiger partial charge in [-0.15, -0.1) is 11.6 Å². The van der Waals surface area contributed by atoms with Crippen LogP contribution in [0.1, 0.15) is 16.7 Å². The first kappa shape index (κ1) is 12.1. The van der Waals surface area contributed by atoms with E-state index in [1.165, 1.54) is 11.6 Å².